The van der Waals surface area contributed by atoms with E-state index < -0.39 is 0 Å². The first-order chi connectivity index (χ1) is 13.2. The van der Waals surface area contributed by atoms with E-state index in [9.17, 15) is 0 Å². The van der Waals surface area contributed by atoms with Crippen LogP contribution >= 0.6 is 11.3 Å². The maximum atomic E-state index is 9.02. The van der Waals surface area contributed by atoms with Crippen LogP contribution in [0.25, 0.3) is 27.5 Å². The van der Waals surface area contributed by atoms with Gasteiger partial charge < -0.3 is 5.32 Å². The maximum absolute atomic E-state index is 9.02. The molecule has 0 saturated heterocycles. The van der Waals surface area contributed by atoms with Crippen LogP contribution in [0.3, 0.4) is 0 Å². The van der Waals surface area contributed by atoms with Crippen molar-refractivity contribution in [1.82, 2.24) is 24.8 Å². The number of nitriles is 2. The molecular formula is C18H12N8S. The van der Waals surface area contributed by atoms with Gasteiger partial charge in [-0.3, -0.25) is 4.98 Å². The minimum Gasteiger partial charge on any atom is -0.372 e. The molecule has 0 aromatic carbocycles. The van der Waals surface area contributed by atoms with E-state index in [-0.39, 0.29) is 6.54 Å². The minimum atomic E-state index is 0.160. The monoisotopic (exact) mass is 372 g/mol. The van der Waals surface area contributed by atoms with Crippen molar-refractivity contribution in [2.45, 2.75) is 6.92 Å². The Balaban J connectivity index is 1.82. The van der Waals surface area contributed by atoms with Crippen molar-refractivity contribution in [2.24, 2.45) is 0 Å². The average Bonchev–Trinajstić information content (AvgIpc) is 3.31. The molecule has 0 unspecified atom stereocenters. The van der Waals surface area contributed by atoms with E-state index in [2.05, 4.69) is 37.7 Å². The fourth-order valence-corrected chi connectivity index (χ4v) is 3.42. The third-order valence-corrected chi connectivity index (χ3v) is 4.78. The molecule has 0 atom stereocenters. The summed E-state index contributed by atoms with van der Waals surface area (Å²) in [5.74, 6) is 0. The molecule has 8 nitrogen and oxygen atoms in total. The normalized spacial score (nSPS) is 10.5. The molecule has 0 aliphatic rings. The lowest BCUT2D eigenvalue weighted by molar-refractivity contribution is 0.939. The van der Waals surface area contributed by atoms with Crippen molar-refractivity contribution < 1.29 is 0 Å². The molecule has 1 N–H and O–H groups in total. The number of rotatable bonds is 4. The van der Waals surface area contributed by atoms with Gasteiger partial charge in [0.05, 0.1) is 40.3 Å². The Hall–Kier alpha value is -3.82. The summed E-state index contributed by atoms with van der Waals surface area (Å²) in [6.07, 6.45) is 3.24. The van der Waals surface area contributed by atoms with Gasteiger partial charge in [-0.05, 0) is 31.2 Å². The number of aryl methyl sites for hydroxylation is 1. The van der Waals surface area contributed by atoms with Crippen LogP contribution in [0.15, 0.2) is 36.7 Å². The Morgan fingerprint density at radius 2 is 2.07 bits per heavy atom. The molecular weight excluding hydrogens is 360 g/mol. The first-order valence-corrected chi connectivity index (χ1v) is 8.81. The van der Waals surface area contributed by atoms with E-state index in [0.29, 0.717) is 11.3 Å². The molecule has 0 aliphatic heterocycles. The van der Waals surface area contributed by atoms with Gasteiger partial charge in [0, 0.05) is 11.9 Å². The summed E-state index contributed by atoms with van der Waals surface area (Å²) >= 11 is 1.47. The molecule has 4 rings (SSSR count). The summed E-state index contributed by atoms with van der Waals surface area (Å²) in [6, 6.07) is 11.6. The Morgan fingerprint density at radius 1 is 1.19 bits per heavy atom. The van der Waals surface area contributed by atoms with E-state index in [1.54, 1.807) is 16.8 Å². The molecule has 4 aromatic rings. The molecule has 130 valence electrons. The number of pyridine rings is 1. The SMILES string of the molecule is Cc1nnc(-c2cnc(-c3ccc4cc(C#N)cnn34)cc2NCC#N)s1. The second-order valence-electron chi connectivity index (χ2n) is 5.66. The van der Waals surface area contributed by atoms with Gasteiger partial charge in [-0.15, -0.1) is 10.2 Å². The van der Waals surface area contributed by atoms with Crippen molar-refractivity contribution >= 4 is 22.5 Å². The smallest absolute Gasteiger partial charge is 0.151 e. The maximum Gasteiger partial charge on any atom is 0.151 e. The Morgan fingerprint density at radius 3 is 2.81 bits per heavy atom. The van der Waals surface area contributed by atoms with Gasteiger partial charge in [0.1, 0.15) is 17.6 Å². The van der Waals surface area contributed by atoms with Gasteiger partial charge >= 0.3 is 0 Å². The zero-order valence-electron chi connectivity index (χ0n) is 14.2. The van der Waals surface area contributed by atoms with Crippen LogP contribution in [0, 0.1) is 29.6 Å². The van der Waals surface area contributed by atoms with E-state index in [1.807, 2.05) is 25.1 Å². The lowest BCUT2D eigenvalue weighted by atomic mass is 10.2. The summed E-state index contributed by atoms with van der Waals surface area (Å²) in [6.45, 7) is 2.05. The molecule has 27 heavy (non-hydrogen) atoms. The topological polar surface area (TPSA) is 116 Å². The summed E-state index contributed by atoms with van der Waals surface area (Å²) in [4.78, 5) is 4.56. The number of hydrogen-bond donors (Lipinski definition) is 1. The van der Waals surface area contributed by atoms with E-state index in [4.69, 9.17) is 10.5 Å². The molecule has 0 fully saturated rings. The van der Waals surface area contributed by atoms with E-state index in [1.165, 1.54) is 17.5 Å². The summed E-state index contributed by atoms with van der Waals surface area (Å²) in [5.41, 5.74) is 4.33. The first-order valence-electron chi connectivity index (χ1n) is 7.99. The number of nitrogens with zero attached hydrogens (tertiary/aromatic N) is 7. The number of fused-ring (bicyclic) bond motifs is 1. The summed E-state index contributed by atoms with van der Waals surface area (Å²) in [7, 11) is 0. The summed E-state index contributed by atoms with van der Waals surface area (Å²) < 4.78 is 1.73. The Bertz CT molecular complexity index is 1220. The second-order valence-corrected chi connectivity index (χ2v) is 6.85. The zero-order valence-corrected chi connectivity index (χ0v) is 15.0. The highest BCUT2D eigenvalue weighted by Crippen LogP contribution is 2.32. The number of hydrogen-bond acceptors (Lipinski definition) is 8. The quantitative estimate of drug-likeness (QED) is 0.547. The van der Waals surface area contributed by atoms with Crippen LogP contribution in [0.1, 0.15) is 10.6 Å². The average molecular weight is 372 g/mol. The molecule has 0 bridgehead atoms. The Labute approximate surface area is 158 Å². The molecule has 0 radical (unpaired) electrons. The number of anilines is 1. The molecule has 4 aromatic heterocycles. The van der Waals surface area contributed by atoms with Gasteiger partial charge in [-0.2, -0.15) is 15.6 Å². The predicted octanol–water partition coefficient (Wildman–Crippen LogP) is 3.03. The van der Waals surface area contributed by atoms with Crippen LogP contribution in [-0.4, -0.2) is 31.3 Å². The van der Waals surface area contributed by atoms with Gasteiger partial charge in [-0.1, -0.05) is 11.3 Å². The van der Waals surface area contributed by atoms with Crippen molar-refractivity contribution in [2.75, 3.05) is 11.9 Å². The fourth-order valence-electron chi connectivity index (χ4n) is 2.71. The largest absolute Gasteiger partial charge is 0.372 e. The number of aromatic nitrogens is 5. The third kappa shape index (κ3) is 3.08. The van der Waals surface area contributed by atoms with Crippen molar-refractivity contribution in [3.8, 4) is 34.1 Å². The van der Waals surface area contributed by atoms with Gasteiger partial charge in [0.2, 0.25) is 0 Å². The lowest BCUT2D eigenvalue weighted by Gasteiger charge is -2.10. The van der Waals surface area contributed by atoms with Gasteiger partial charge in [0.25, 0.3) is 0 Å². The third-order valence-electron chi connectivity index (χ3n) is 3.91. The molecule has 0 saturated carbocycles. The molecule has 0 aliphatic carbocycles. The molecule has 4 heterocycles. The summed E-state index contributed by atoms with van der Waals surface area (Å²) in [5, 5.41) is 35.2. The standard InChI is InChI=1S/C18H12N8S/c1-11-24-25-18(27-11)14-10-22-16(7-15(14)21-5-4-19)17-3-2-13-6-12(8-20)9-23-26(13)17/h2-3,6-7,9-10H,5H2,1H3,(H,21,22). The molecule has 0 spiro atoms. The van der Waals surface area contributed by atoms with Crippen LogP contribution < -0.4 is 5.32 Å². The van der Waals surface area contributed by atoms with Crippen LogP contribution in [0.2, 0.25) is 0 Å². The van der Waals surface area contributed by atoms with Gasteiger partial charge in [-0.25, -0.2) is 4.52 Å². The van der Waals surface area contributed by atoms with E-state index >= 15 is 0 Å². The molecule has 9 heteroatoms. The zero-order chi connectivity index (χ0) is 18.8. The highest BCUT2D eigenvalue weighted by atomic mass is 32.1. The van der Waals surface area contributed by atoms with Crippen LogP contribution in [0.4, 0.5) is 5.69 Å². The van der Waals surface area contributed by atoms with Crippen LogP contribution in [-0.2, 0) is 0 Å². The fraction of sp³-hybridized carbons (Fsp3) is 0.111. The van der Waals surface area contributed by atoms with Gasteiger partial charge in [0.15, 0.2) is 5.01 Å². The predicted molar refractivity (Wildman–Crippen MR) is 101 cm³/mol. The van der Waals surface area contributed by atoms with Crippen molar-refractivity contribution in [1.29, 1.82) is 10.5 Å². The van der Waals surface area contributed by atoms with Crippen LogP contribution in [0.5, 0.6) is 0 Å². The van der Waals surface area contributed by atoms with Crippen molar-refractivity contribution in [3.63, 3.8) is 0 Å². The minimum absolute atomic E-state index is 0.160. The second kappa shape index (κ2) is 6.83. The first kappa shape index (κ1) is 16.6. The highest BCUT2D eigenvalue weighted by Gasteiger charge is 2.14. The lowest BCUT2D eigenvalue weighted by Crippen LogP contribution is -2.02. The highest BCUT2D eigenvalue weighted by molar-refractivity contribution is 7.14. The van der Waals surface area contributed by atoms with Crippen molar-refractivity contribution in [3.05, 3.63) is 47.2 Å². The number of nitrogens with one attached hydrogen (secondary N) is 1. The van der Waals surface area contributed by atoms with E-state index in [0.717, 1.165) is 32.5 Å². The molecule has 0 amide bonds. The Kier molecular flexibility index (Phi) is 4.21.